The number of aryl methyl sites for hydroxylation is 1. The Morgan fingerprint density at radius 1 is 1.28 bits per heavy atom. The maximum absolute atomic E-state index is 12.2. The number of nitrogens with zero attached hydrogens (tertiary/aromatic N) is 2. The van der Waals surface area contributed by atoms with Gasteiger partial charge in [-0.3, -0.25) is 10.2 Å². The monoisotopic (exact) mass is 416 g/mol. The predicted molar refractivity (Wildman–Crippen MR) is 116 cm³/mol. The standard InChI is InChI=1S/C21H28N4O3S/c1-3-27-19-11-16(12-22-25-21-23-15(2)14-29-21)9-10-18(19)28-13-20(26)24-17-7-5-4-6-8-17/h9-12,14,17H,3-8,13H2,1-2H3,(H,23,25)(H,24,26). The number of anilines is 1. The van der Waals surface area contributed by atoms with Crippen molar-refractivity contribution in [3.8, 4) is 11.5 Å². The second-order valence-corrected chi connectivity index (χ2v) is 7.85. The summed E-state index contributed by atoms with van der Waals surface area (Å²) in [5.74, 6) is 1.05. The molecule has 156 valence electrons. The van der Waals surface area contributed by atoms with Crippen LogP contribution in [0.5, 0.6) is 11.5 Å². The number of hydrogen-bond acceptors (Lipinski definition) is 7. The number of nitrogens with one attached hydrogen (secondary N) is 2. The molecule has 1 amide bonds. The smallest absolute Gasteiger partial charge is 0.258 e. The molecule has 1 saturated carbocycles. The Bertz CT molecular complexity index is 831. The van der Waals surface area contributed by atoms with Crippen LogP contribution in [0.25, 0.3) is 0 Å². The van der Waals surface area contributed by atoms with Crippen molar-refractivity contribution in [2.45, 2.75) is 52.0 Å². The highest BCUT2D eigenvalue weighted by atomic mass is 32.1. The molecule has 1 aliphatic rings. The summed E-state index contributed by atoms with van der Waals surface area (Å²) < 4.78 is 11.4. The van der Waals surface area contributed by atoms with Crippen LogP contribution >= 0.6 is 11.3 Å². The maximum Gasteiger partial charge on any atom is 0.258 e. The van der Waals surface area contributed by atoms with E-state index >= 15 is 0 Å². The minimum absolute atomic E-state index is 0.0189. The third-order valence-corrected chi connectivity index (χ3v) is 5.45. The zero-order chi connectivity index (χ0) is 20.5. The number of ether oxygens (including phenoxy) is 2. The quantitative estimate of drug-likeness (QED) is 0.474. The van der Waals surface area contributed by atoms with Crippen molar-refractivity contribution in [1.29, 1.82) is 0 Å². The van der Waals surface area contributed by atoms with E-state index in [1.165, 1.54) is 30.6 Å². The molecule has 1 aromatic carbocycles. The van der Waals surface area contributed by atoms with E-state index in [9.17, 15) is 4.79 Å². The summed E-state index contributed by atoms with van der Waals surface area (Å²) in [5, 5.41) is 9.97. The van der Waals surface area contributed by atoms with Crippen LogP contribution in [0.2, 0.25) is 0 Å². The molecule has 0 saturated heterocycles. The van der Waals surface area contributed by atoms with Gasteiger partial charge in [-0.1, -0.05) is 19.3 Å². The molecule has 8 heteroatoms. The molecule has 1 aliphatic carbocycles. The zero-order valence-corrected chi connectivity index (χ0v) is 17.8. The lowest BCUT2D eigenvalue weighted by Gasteiger charge is -2.22. The Hall–Kier alpha value is -2.61. The second-order valence-electron chi connectivity index (χ2n) is 6.99. The molecule has 0 bridgehead atoms. The van der Waals surface area contributed by atoms with Crippen molar-refractivity contribution >= 4 is 28.6 Å². The molecule has 1 aromatic heterocycles. The number of rotatable bonds is 9. The van der Waals surface area contributed by atoms with E-state index in [0.29, 0.717) is 18.1 Å². The van der Waals surface area contributed by atoms with E-state index in [0.717, 1.165) is 29.2 Å². The summed E-state index contributed by atoms with van der Waals surface area (Å²) >= 11 is 1.50. The number of benzene rings is 1. The van der Waals surface area contributed by atoms with Crippen LogP contribution in [0.1, 0.15) is 50.3 Å². The molecule has 0 aliphatic heterocycles. The van der Waals surface area contributed by atoms with E-state index in [1.54, 1.807) is 12.3 Å². The first-order chi connectivity index (χ1) is 14.1. The van der Waals surface area contributed by atoms with Gasteiger partial charge in [-0.15, -0.1) is 11.3 Å². The zero-order valence-electron chi connectivity index (χ0n) is 16.9. The molecule has 0 spiro atoms. The van der Waals surface area contributed by atoms with E-state index < -0.39 is 0 Å². The normalized spacial score (nSPS) is 14.7. The number of hydrogen-bond donors (Lipinski definition) is 2. The van der Waals surface area contributed by atoms with Gasteiger partial charge in [0.2, 0.25) is 5.13 Å². The highest BCUT2D eigenvalue weighted by molar-refractivity contribution is 7.13. The predicted octanol–water partition coefficient (Wildman–Crippen LogP) is 4.12. The molecule has 2 N–H and O–H groups in total. The number of amides is 1. The number of aromatic nitrogens is 1. The Morgan fingerprint density at radius 2 is 2.10 bits per heavy atom. The number of thiazole rings is 1. The maximum atomic E-state index is 12.2. The third-order valence-electron chi connectivity index (χ3n) is 4.59. The Kier molecular flexibility index (Phi) is 7.86. The molecule has 0 atom stereocenters. The topological polar surface area (TPSA) is 84.8 Å². The van der Waals surface area contributed by atoms with Gasteiger partial charge in [0, 0.05) is 11.4 Å². The van der Waals surface area contributed by atoms with Crippen LogP contribution in [0, 0.1) is 6.92 Å². The van der Waals surface area contributed by atoms with Gasteiger partial charge in [0.25, 0.3) is 5.91 Å². The van der Waals surface area contributed by atoms with Crippen LogP contribution in [0.4, 0.5) is 5.13 Å². The minimum Gasteiger partial charge on any atom is -0.490 e. The average Bonchev–Trinajstić information content (AvgIpc) is 3.13. The van der Waals surface area contributed by atoms with Crippen LogP contribution in [-0.2, 0) is 4.79 Å². The molecule has 1 heterocycles. The molecule has 3 rings (SSSR count). The lowest BCUT2D eigenvalue weighted by atomic mass is 9.95. The van der Waals surface area contributed by atoms with Gasteiger partial charge >= 0.3 is 0 Å². The largest absolute Gasteiger partial charge is 0.490 e. The molecule has 1 fully saturated rings. The summed E-state index contributed by atoms with van der Waals surface area (Å²) in [5.41, 5.74) is 4.72. The third kappa shape index (κ3) is 6.74. The average molecular weight is 417 g/mol. The molecular weight excluding hydrogens is 388 g/mol. The summed E-state index contributed by atoms with van der Waals surface area (Å²) in [4.78, 5) is 16.5. The summed E-state index contributed by atoms with van der Waals surface area (Å²) in [6.07, 6.45) is 7.42. The van der Waals surface area contributed by atoms with Crippen LogP contribution < -0.4 is 20.2 Å². The molecule has 2 aromatic rings. The van der Waals surface area contributed by atoms with Crippen molar-refractivity contribution in [1.82, 2.24) is 10.3 Å². The van der Waals surface area contributed by atoms with Gasteiger partial charge in [0.15, 0.2) is 18.1 Å². The van der Waals surface area contributed by atoms with Gasteiger partial charge < -0.3 is 14.8 Å². The fourth-order valence-electron chi connectivity index (χ4n) is 3.22. The number of carbonyl (C=O) groups excluding carboxylic acids is 1. The van der Waals surface area contributed by atoms with Crippen molar-refractivity contribution in [2.75, 3.05) is 18.6 Å². The van der Waals surface area contributed by atoms with Crippen molar-refractivity contribution in [3.63, 3.8) is 0 Å². The SMILES string of the molecule is CCOc1cc(C=NNc2nc(C)cs2)ccc1OCC(=O)NC1CCCCC1. The fraction of sp³-hybridized carbons (Fsp3) is 0.476. The molecule has 0 radical (unpaired) electrons. The van der Waals surface area contributed by atoms with Crippen molar-refractivity contribution < 1.29 is 14.3 Å². The minimum atomic E-state index is -0.0899. The van der Waals surface area contributed by atoms with E-state index in [2.05, 4.69) is 20.8 Å². The van der Waals surface area contributed by atoms with Gasteiger partial charge in [0.1, 0.15) is 0 Å². The van der Waals surface area contributed by atoms with Gasteiger partial charge in [-0.05, 0) is 50.5 Å². The van der Waals surface area contributed by atoms with E-state index in [1.807, 2.05) is 31.4 Å². The summed E-state index contributed by atoms with van der Waals surface area (Å²) in [7, 11) is 0. The summed E-state index contributed by atoms with van der Waals surface area (Å²) in [6.45, 7) is 4.33. The lowest BCUT2D eigenvalue weighted by molar-refractivity contribution is -0.124. The highest BCUT2D eigenvalue weighted by Gasteiger charge is 2.16. The molecule has 29 heavy (non-hydrogen) atoms. The summed E-state index contributed by atoms with van der Waals surface area (Å²) in [6, 6.07) is 5.79. The van der Waals surface area contributed by atoms with Gasteiger partial charge in [0.05, 0.1) is 18.5 Å². The first-order valence-corrected chi connectivity index (χ1v) is 10.9. The first kappa shape index (κ1) is 21.1. The van der Waals surface area contributed by atoms with E-state index in [-0.39, 0.29) is 18.6 Å². The number of hydrazone groups is 1. The van der Waals surface area contributed by atoms with Crippen LogP contribution in [0.3, 0.4) is 0 Å². The second kappa shape index (κ2) is 10.8. The van der Waals surface area contributed by atoms with Gasteiger partial charge in [-0.25, -0.2) is 4.98 Å². The van der Waals surface area contributed by atoms with Gasteiger partial charge in [-0.2, -0.15) is 5.10 Å². The number of carbonyl (C=O) groups is 1. The Morgan fingerprint density at radius 3 is 2.83 bits per heavy atom. The van der Waals surface area contributed by atoms with E-state index in [4.69, 9.17) is 9.47 Å². The van der Waals surface area contributed by atoms with Crippen molar-refractivity contribution in [2.24, 2.45) is 5.10 Å². The lowest BCUT2D eigenvalue weighted by Crippen LogP contribution is -2.39. The molecule has 7 nitrogen and oxygen atoms in total. The highest BCUT2D eigenvalue weighted by Crippen LogP contribution is 2.28. The van der Waals surface area contributed by atoms with Crippen LogP contribution in [0.15, 0.2) is 28.7 Å². The van der Waals surface area contributed by atoms with Crippen molar-refractivity contribution in [3.05, 3.63) is 34.8 Å². The first-order valence-electron chi connectivity index (χ1n) is 10.0. The fourth-order valence-corrected chi connectivity index (χ4v) is 3.86. The Balaban J connectivity index is 1.55. The van der Waals surface area contributed by atoms with Crippen LogP contribution in [-0.4, -0.2) is 36.4 Å². The Labute approximate surface area is 175 Å². The molecule has 0 unspecified atom stereocenters. The molecular formula is C21H28N4O3S.